The first-order valence-corrected chi connectivity index (χ1v) is 12.9. The molecule has 0 unspecified atom stereocenters. The number of halogens is 1. The Hall–Kier alpha value is -2.76. The van der Waals surface area contributed by atoms with Crippen LogP contribution in [-0.2, 0) is 9.53 Å². The van der Waals surface area contributed by atoms with E-state index in [1.807, 2.05) is 17.0 Å². The maximum absolute atomic E-state index is 13.9. The Morgan fingerprint density at radius 1 is 1.00 bits per heavy atom. The molecular formula is C29H34FN3O3. The fourth-order valence-corrected chi connectivity index (χ4v) is 5.71. The molecule has 3 aliphatic heterocycles. The fraction of sp³-hybridized carbons (Fsp3) is 0.483. The van der Waals surface area contributed by atoms with Crippen LogP contribution in [0.25, 0.3) is 0 Å². The van der Waals surface area contributed by atoms with Gasteiger partial charge in [0.05, 0.1) is 31.9 Å². The average molecular weight is 492 g/mol. The highest BCUT2D eigenvalue weighted by Crippen LogP contribution is 2.42. The number of carbonyl (C=O) groups excluding carboxylic acids is 1. The second kappa shape index (κ2) is 11.5. The number of hydrogen-bond acceptors (Lipinski definition) is 5. The lowest BCUT2D eigenvalue weighted by atomic mass is 9.74. The number of aliphatic hydroxyl groups is 1. The first kappa shape index (κ1) is 24.9. The predicted molar refractivity (Wildman–Crippen MR) is 136 cm³/mol. The molecule has 0 radical (unpaired) electrons. The topological polar surface area (TPSA) is 56.2 Å². The molecule has 0 aromatic heterocycles. The highest BCUT2D eigenvalue weighted by atomic mass is 19.1. The summed E-state index contributed by atoms with van der Waals surface area (Å²) in [7, 11) is 0. The molecule has 1 amide bonds. The minimum absolute atomic E-state index is 0.0552. The predicted octanol–water partition coefficient (Wildman–Crippen LogP) is 2.31. The molecule has 6 nitrogen and oxygen atoms in total. The molecular weight excluding hydrogens is 457 g/mol. The SMILES string of the molecule is O=C(CN1CCOCC1)N1CCCCN2[C@@H](CO)[C@@H](c3ccc(C#Cc4ccccc4F)cc3)[C@@H]2C1. The number of aliphatic hydroxyl groups excluding tert-OH is 1. The summed E-state index contributed by atoms with van der Waals surface area (Å²) in [5.74, 6) is 5.97. The van der Waals surface area contributed by atoms with Gasteiger partial charge in [-0.05, 0) is 49.2 Å². The quantitative estimate of drug-likeness (QED) is 0.666. The van der Waals surface area contributed by atoms with Gasteiger partial charge >= 0.3 is 0 Å². The van der Waals surface area contributed by atoms with Crippen LogP contribution in [0.15, 0.2) is 48.5 Å². The lowest BCUT2D eigenvalue weighted by molar-refractivity contribution is -0.138. The van der Waals surface area contributed by atoms with Crippen molar-refractivity contribution in [2.45, 2.75) is 30.8 Å². The van der Waals surface area contributed by atoms with E-state index >= 15 is 0 Å². The molecule has 0 aliphatic carbocycles. The van der Waals surface area contributed by atoms with E-state index in [0.29, 0.717) is 31.9 Å². The fourth-order valence-electron chi connectivity index (χ4n) is 5.71. The number of morpholine rings is 1. The van der Waals surface area contributed by atoms with E-state index in [0.717, 1.165) is 50.1 Å². The molecule has 5 rings (SSSR count). The van der Waals surface area contributed by atoms with Crippen LogP contribution in [0.5, 0.6) is 0 Å². The van der Waals surface area contributed by atoms with Gasteiger partial charge in [-0.1, -0.05) is 36.1 Å². The molecule has 0 bridgehead atoms. The van der Waals surface area contributed by atoms with Gasteiger partial charge in [-0.25, -0.2) is 4.39 Å². The molecule has 7 heteroatoms. The van der Waals surface area contributed by atoms with Gasteiger partial charge in [-0.15, -0.1) is 0 Å². The normalized spacial score (nSPS) is 25.1. The van der Waals surface area contributed by atoms with Gasteiger partial charge in [0.25, 0.3) is 0 Å². The van der Waals surface area contributed by atoms with Crippen molar-refractivity contribution in [1.29, 1.82) is 0 Å². The third-order valence-electron chi connectivity index (χ3n) is 7.70. The van der Waals surface area contributed by atoms with Crippen LogP contribution in [0.2, 0.25) is 0 Å². The summed E-state index contributed by atoms with van der Waals surface area (Å²) in [4.78, 5) is 19.8. The van der Waals surface area contributed by atoms with Crippen molar-refractivity contribution in [3.63, 3.8) is 0 Å². The molecule has 0 spiro atoms. The van der Waals surface area contributed by atoms with Crippen molar-refractivity contribution in [2.24, 2.45) is 0 Å². The second-order valence-electron chi connectivity index (χ2n) is 9.87. The largest absolute Gasteiger partial charge is 0.395 e. The standard InChI is InChI=1S/C29H34FN3O3/c30-25-6-2-1-5-23(25)10-7-22-8-11-24(12-9-22)29-26-19-32(13-3-4-14-33(26)27(29)21-34)28(35)20-31-15-17-36-18-16-31/h1-2,5-6,8-9,11-12,26-27,29,34H,3-4,13-21H2/t26-,27-,29-/m0/s1. The molecule has 190 valence electrons. The molecule has 3 heterocycles. The Morgan fingerprint density at radius 3 is 2.50 bits per heavy atom. The van der Waals surface area contributed by atoms with Gasteiger partial charge in [-0.3, -0.25) is 14.6 Å². The molecule has 36 heavy (non-hydrogen) atoms. The lowest BCUT2D eigenvalue weighted by Crippen LogP contribution is -2.68. The highest BCUT2D eigenvalue weighted by Gasteiger charge is 2.49. The van der Waals surface area contributed by atoms with Gasteiger partial charge in [0.1, 0.15) is 5.82 Å². The number of ether oxygens (including phenoxy) is 1. The van der Waals surface area contributed by atoms with E-state index < -0.39 is 0 Å². The van der Waals surface area contributed by atoms with E-state index in [-0.39, 0.29) is 36.3 Å². The van der Waals surface area contributed by atoms with Crippen LogP contribution >= 0.6 is 0 Å². The average Bonchev–Trinajstić information content (AvgIpc) is 2.88. The Morgan fingerprint density at radius 2 is 1.75 bits per heavy atom. The smallest absolute Gasteiger partial charge is 0.236 e. The Bertz CT molecular complexity index is 1110. The number of benzene rings is 2. The van der Waals surface area contributed by atoms with Crippen LogP contribution in [-0.4, -0.2) is 96.9 Å². The first-order chi connectivity index (χ1) is 17.6. The molecule has 2 aromatic carbocycles. The van der Waals surface area contributed by atoms with Crippen molar-refractivity contribution >= 4 is 5.91 Å². The molecule has 0 saturated carbocycles. The summed E-state index contributed by atoms with van der Waals surface area (Å²) < 4.78 is 19.3. The zero-order chi connectivity index (χ0) is 24.9. The van der Waals surface area contributed by atoms with Crippen LogP contribution in [0.3, 0.4) is 0 Å². The third-order valence-corrected chi connectivity index (χ3v) is 7.70. The van der Waals surface area contributed by atoms with Crippen molar-refractivity contribution in [1.82, 2.24) is 14.7 Å². The molecule has 3 atom stereocenters. The van der Waals surface area contributed by atoms with Crippen molar-refractivity contribution < 1.29 is 19.0 Å². The highest BCUT2D eigenvalue weighted by molar-refractivity contribution is 5.78. The number of amides is 1. The van der Waals surface area contributed by atoms with E-state index in [4.69, 9.17) is 4.74 Å². The molecule has 3 fully saturated rings. The van der Waals surface area contributed by atoms with Gasteiger partial charge in [0, 0.05) is 49.7 Å². The minimum Gasteiger partial charge on any atom is -0.395 e. The number of carbonyl (C=O) groups is 1. The number of nitrogens with zero attached hydrogens (tertiary/aromatic N) is 3. The minimum atomic E-state index is -0.320. The molecule has 1 N–H and O–H groups in total. The van der Waals surface area contributed by atoms with Gasteiger partial charge in [0.15, 0.2) is 0 Å². The van der Waals surface area contributed by atoms with Crippen molar-refractivity contribution in [3.8, 4) is 11.8 Å². The van der Waals surface area contributed by atoms with Gasteiger partial charge < -0.3 is 14.7 Å². The van der Waals surface area contributed by atoms with Gasteiger partial charge in [-0.2, -0.15) is 0 Å². The first-order valence-electron chi connectivity index (χ1n) is 12.9. The van der Waals surface area contributed by atoms with E-state index in [1.54, 1.807) is 18.2 Å². The summed E-state index contributed by atoms with van der Waals surface area (Å²) in [6, 6.07) is 14.8. The van der Waals surface area contributed by atoms with Gasteiger partial charge in [0.2, 0.25) is 5.91 Å². The van der Waals surface area contributed by atoms with Crippen LogP contribution in [0.4, 0.5) is 4.39 Å². The maximum atomic E-state index is 13.9. The zero-order valence-electron chi connectivity index (χ0n) is 20.6. The van der Waals surface area contributed by atoms with E-state index in [1.165, 1.54) is 6.07 Å². The molecule has 3 aliphatic rings. The Kier molecular flexibility index (Phi) is 7.98. The van der Waals surface area contributed by atoms with E-state index in [9.17, 15) is 14.3 Å². The Labute approximate surface area is 212 Å². The lowest BCUT2D eigenvalue weighted by Gasteiger charge is -2.57. The number of fused-ring (bicyclic) bond motifs is 1. The van der Waals surface area contributed by atoms with E-state index in [2.05, 4.69) is 33.8 Å². The van der Waals surface area contributed by atoms with Crippen molar-refractivity contribution in [2.75, 3.05) is 59.1 Å². The summed E-state index contributed by atoms with van der Waals surface area (Å²) in [6.45, 7) is 5.93. The third kappa shape index (κ3) is 5.47. The van der Waals surface area contributed by atoms with Crippen LogP contribution < -0.4 is 0 Å². The number of rotatable bonds is 4. The summed E-state index contributed by atoms with van der Waals surface area (Å²) in [5, 5.41) is 10.2. The summed E-state index contributed by atoms with van der Waals surface area (Å²) >= 11 is 0. The monoisotopic (exact) mass is 491 g/mol. The molecule has 2 aromatic rings. The zero-order valence-corrected chi connectivity index (χ0v) is 20.6. The summed E-state index contributed by atoms with van der Waals surface area (Å²) in [5.41, 5.74) is 2.35. The Balaban J connectivity index is 1.30. The maximum Gasteiger partial charge on any atom is 0.236 e. The molecule has 3 saturated heterocycles. The number of hydrogen-bond donors (Lipinski definition) is 1. The second-order valence-corrected chi connectivity index (χ2v) is 9.87. The van der Waals surface area contributed by atoms with Crippen molar-refractivity contribution in [3.05, 3.63) is 71.0 Å². The summed E-state index contributed by atoms with van der Waals surface area (Å²) in [6.07, 6.45) is 2.00. The van der Waals surface area contributed by atoms with Crippen LogP contribution in [0.1, 0.15) is 35.4 Å². The van der Waals surface area contributed by atoms with Crippen LogP contribution in [0, 0.1) is 17.7 Å².